The van der Waals surface area contributed by atoms with E-state index in [2.05, 4.69) is 54.1 Å². The second-order valence-corrected chi connectivity index (χ2v) is 6.44. The smallest absolute Gasteiger partial charge is 0.119 e. The fourth-order valence-corrected chi connectivity index (χ4v) is 2.53. The van der Waals surface area contributed by atoms with Crippen LogP contribution in [-0.2, 0) is 6.54 Å². The molecule has 0 aliphatic heterocycles. The average Bonchev–Trinajstić information content (AvgIpc) is 2.99. The van der Waals surface area contributed by atoms with Gasteiger partial charge >= 0.3 is 0 Å². The standard InChI is InChI=1S/C17H24N2OS/c1-14(2)13-20-16-7-5-15(6-8-16)19-10-9-18-12-17-4-3-11-21-17/h3-8,11,14,18-19H,9-10,12-13H2,1-2H3. The molecule has 0 aliphatic rings. The van der Waals surface area contributed by atoms with Crippen molar-refractivity contribution in [3.05, 3.63) is 46.7 Å². The number of thiophene rings is 1. The molecule has 1 heterocycles. The second-order valence-electron chi connectivity index (χ2n) is 5.41. The van der Waals surface area contributed by atoms with E-state index < -0.39 is 0 Å². The van der Waals surface area contributed by atoms with E-state index in [0.29, 0.717) is 5.92 Å². The molecular weight excluding hydrogens is 280 g/mol. The van der Waals surface area contributed by atoms with Crippen molar-refractivity contribution in [2.24, 2.45) is 5.92 Å². The molecule has 0 aliphatic carbocycles. The third-order valence-corrected chi connectivity index (χ3v) is 3.82. The van der Waals surface area contributed by atoms with Crippen LogP contribution in [0.25, 0.3) is 0 Å². The minimum atomic E-state index is 0.553. The van der Waals surface area contributed by atoms with Crippen LogP contribution in [0.3, 0.4) is 0 Å². The van der Waals surface area contributed by atoms with Crippen LogP contribution in [0.4, 0.5) is 5.69 Å². The molecule has 0 atom stereocenters. The van der Waals surface area contributed by atoms with Crippen molar-refractivity contribution in [3.63, 3.8) is 0 Å². The van der Waals surface area contributed by atoms with Crippen LogP contribution in [0, 0.1) is 5.92 Å². The lowest BCUT2D eigenvalue weighted by molar-refractivity contribution is 0.271. The SMILES string of the molecule is CC(C)COc1ccc(NCCNCc2cccs2)cc1. The first kappa shape index (κ1) is 15.9. The van der Waals surface area contributed by atoms with Gasteiger partial charge in [0.15, 0.2) is 0 Å². The van der Waals surface area contributed by atoms with Gasteiger partial charge in [0.05, 0.1) is 6.61 Å². The molecule has 0 fully saturated rings. The Morgan fingerprint density at radius 3 is 2.57 bits per heavy atom. The topological polar surface area (TPSA) is 33.3 Å². The van der Waals surface area contributed by atoms with Gasteiger partial charge in [-0.1, -0.05) is 19.9 Å². The molecule has 3 nitrogen and oxygen atoms in total. The lowest BCUT2D eigenvalue weighted by Gasteiger charge is -2.10. The molecule has 0 saturated carbocycles. The first-order valence-corrected chi connectivity index (χ1v) is 8.32. The molecule has 0 unspecified atom stereocenters. The van der Waals surface area contributed by atoms with Gasteiger partial charge in [-0.3, -0.25) is 0 Å². The summed E-state index contributed by atoms with van der Waals surface area (Å²) in [5.74, 6) is 1.49. The van der Waals surface area contributed by atoms with E-state index in [9.17, 15) is 0 Å². The molecule has 0 radical (unpaired) electrons. The maximum atomic E-state index is 5.67. The molecule has 0 spiro atoms. The Labute approximate surface area is 131 Å². The third kappa shape index (κ3) is 6.19. The van der Waals surface area contributed by atoms with E-state index in [-0.39, 0.29) is 0 Å². The summed E-state index contributed by atoms with van der Waals surface area (Å²) in [5, 5.41) is 8.94. The minimum absolute atomic E-state index is 0.553. The number of nitrogens with one attached hydrogen (secondary N) is 2. The fourth-order valence-electron chi connectivity index (χ4n) is 1.85. The first-order valence-electron chi connectivity index (χ1n) is 7.44. The lowest BCUT2D eigenvalue weighted by atomic mass is 10.2. The maximum absolute atomic E-state index is 5.67. The highest BCUT2D eigenvalue weighted by Crippen LogP contribution is 2.16. The Balaban J connectivity index is 1.62. The van der Waals surface area contributed by atoms with Gasteiger partial charge < -0.3 is 15.4 Å². The number of benzene rings is 1. The zero-order valence-electron chi connectivity index (χ0n) is 12.8. The van der Waals surface area contributed by atoms with Crippen LogP contribution in [-0.4, -0.2) is 19.7 Å². The summed E-state index contributed by atoms with van der Waals surface area (Å²) in [4.78, 5) is 1.38. The van der Waals surface area contributed by atoms with Crippen LogP contribution >= 0.6 is 11.3 Å². The Kier molecular flexibility index (Phi) is 6.57. The molecule has 2 N–H and O–H groups in total. The summed E-state index contributed by atoms with van der Waals surface area (Å²) < 4.78 is 5.67. The van der Waals surface area contributed by atoms with Gasteiger partial charge in [0.2, 0.25) is 0 Å². The Morgan fingerprint density at radius 2 is 1.90 bits per heavy atom. The van der Waals surface area contributed by atoms with Crippen LogP contribution in [0.15, 0.2) is 41.8 Å². The van der Waals surface area contributed by atoms with Crippen LogP contribution in [0.5, 0.6) is 5.75 Å². The molecule has 21 heavy (non-hydrogen) atoms. The van der Waals surface area contributed by atoms with Crippen molar-refractivity contribution in [1.82, 2.24) is 5.32 Å². The van der Waals surface area contributed by atoms with Crippen LogP contribution in [0.2, 0.25) is 0 Å². The molecule has 114 valence electrons. The Morgan fingerprint density at radius 1 is 1.10 bits per heavy atom. The van der Waals surface area contributed by atoms with E-state index in [4.69, 9.17) is 4.74 Å². The van der Waals surface area contributed by atoms with E-state index in [1.165, 1.54) is 4.88 Å². The molecule has 1 aromatic carbocycles. The zero-order valence-corrected chi connectivity index (χ0v) is 13.6. The van der Waals surface area contributed by atoms with E-state index >= 15 is 0 Å². The maximum Gasteiger partial charge on any atom is 0.119 e. The van der Waals surface area contributed by atoms with Gasteiger partial charge in [-0.05, 0) is 41.6 Å². The van der Waals surface area contributed by atoms with Crippen molar-refractivity contribution >= 4 is 17.0 Å². The van der Waals surface area contributed by atoms with Crippen molar-refractivity contribution in [2.45, 2.75) is 20.4 Å². The lowest BCUT2D eigenvalue weighted by Crippen LogP contribution is -2.21. The fraction of sp³-hybridized carbons (Fsp3) is 0.412. The normalized spacial score (nSPS) is 10.8. The summed E-state index contributed by atoms with van der Waals surface area (Å²) in [6.07, 6.45) is 0. The zero-order chi connectivity index (χ0) is 14.9. The number of rotatable bonds is 9. The molecular formula is C17H24N2OS. The molecule has 2 aromatic rings. The quantitative estimate of drug-likeness (QED) is 0.687. The van der Waals surface area contributed by atoms with Gasteiger partial charge in [-0.2, -0.15) is 0 Å². The Hall–Kier alpha value is -1.52. The van der Waals surface area contributed by atoms with Gasteiger partial charge in [-0.15, -0.1) is 11.3 Å². The van der Waals surface area contributed by atoms with E-state index in [0.717, 1.165) is 37.7 Å². The first-order chi connectivity index (χ1) is 10.2. The van der Waals surface area contributed by atoms with Crippen molar-refractivity contribution in [3.8, 4) is 5.75 Å². The highest BCUT2D eigenvalue weighted by atomic mass is 32.1. The minimum Gasteiger partial charge on any atom is -0.493 e. The van der Waals surface area contributed by atoms with Gasteiger partial charge in [-0.25, -0.2) is 0 Å². The third-order valence-electron chi connectivity index (χ3n) is 2.95. The summed E-state index contributed by atoms with van der Waals surface area (Å²) in [5.41, 5.74) is 1.13. The predicted octanol–water partition coefficient (Wildman–Crippen LogP) is 3.98. The molecule has 4 heteroatoms. The number of hydrogen-bond acceptors (Lipinski definition) is 4. The highest BCUT2D eigenvalue weighted by molar-refractivity contribution is 7.09. The van der Waals surface area contributed by atoms with E-state index in [1.807, 2.05) is 12.1 Å². The number of hydrogen-bond donors (Lipinski definition) is 2. The number of anilines is 1. The van der Waals surface area contributed by atoms with Gasteiger partial charge in [0.1, 0.15) is 5.75 Å². The largest absolute Gasteiger partial charge is 0.493 e. The summed E-state index contributed by atoms with van der Waals surface area (Å²) in [7, 11) is 0. The van der Waals surface area contributed by atoms with E-state index in [1.54, 1.807) is 11.3 Å². The monoisotopic (exact) mass is 304 g/mol. The van der Waals surface area contributed by atoms with Crippen molar-refractivity contribution < 1.29 is 4.74 Å². The Bertz CT molecular complexity index is 494. The summed E-state index contributed by atoms with van der Waals surface area (Å²) >= 11 is 1.79. The van der Waals surface area contributed by atoms with Crippen molar-refractivity contribution in [2.75, 3.05) is 25.0 Å². The number of ether oxygens (including phenoxy) is 1. The summed E-state index contributed by atoms with van der Waals surface area (Å²) in [6, 6.07) is 12.4. The predicted molar refractivity (Wildman–Crippen MR) is 91.3 cm³/mol. The molecule has 2 rings (SSSR count). The van der Waals surface area contributed by atoms with Gasteiger partial charge in [0.25, 0.3) is 0 Å². The molecule has 0 saturated heterocycles. The summed E-state index contributed by atoms with van der Waals surface area (Å²) in [6.45, 7) is 7.88. The highest BCUT2D eigenvalue weighted by Gasteiger charge is 1.98. The van der Waals surface area contributed by atoms with Crippen LogP contribution < -0.4 is 15.4 Å². The van der Waals surface area contributed by atoms with Crippen molar-refractivity contribution in [1.29, 1.82) is 0 Å². The molecule has 0 bridgehead atoms. The van der Waals surface area contributed by atoms with Crippen LogP contribution in [0.1, 0.15) is 18.7 Å². The average molecular weight is 304 g/mol. The molecule has 0 amide bonds. The van der Waals surface area contributed by atoms with Gasteiger partial charge in [0, 0.05) is 30.2 Å². The molecule has 1 aromatic heterocycles. The second kappa shape index (κ2) is 8.70.